The summed E-state index contributed by atoms with van der Waals surface area (Å²) in [7, 11) is 1.54. The summed E-state index contributed by atoms with van der Waals surface area (Å²) in [6.07, 6.45) is 1.07. The lowest BCUT2D eigenvalue weighted by molar-refractivity contribution is 0.408. The first kappa shape index (κ1) is 15.9. The number of methoxy groups -OCH3 is 1. The lowest BCUT2D eigenvalue weighted by Gasteiger charge is -2.35. The molecule has 112 valence electrons. The summed E-state index contributed by atoms with van der Waals surface area (Å²) in [5.74, 6) is 8.22. The Balaban J connectivity index is 2.26. The SMILES string of the molecule is CCC1SCCSC1C(NN)c1ccc(OC)cc1F. The standard InChI is InChI=1S/C14H21FN2OS2/c1-3-12-14(20-7-6-19-12)13(17-16)10-5-4-9(18-2)8-11(10)15/h4-5,8,12-14,17H,3,6-7,16H2,1-2H3. The second-order valence-corrected chi connectivity index (χ2v) is 7.32. The molecule has 1 aromatic rings. The van der Waals surface area contributed by atoms with Crippen molar-refractivity contribution in [3.63, 3.8) is 0 Å². The highest BCUT2D eigenvalue weighted by atomic mass is 32.2. The Bertz CT molecular complexity index is 447. The van der Waals surface area contributed by atoms with Crippen LogP contribution in [0.15, 0.2) is 18.2 Å². The van der Waals surface area contributed by atoms with Crippen molar-refractivity contribution < 1.29 is 9.13 Å². The number of thioether (sulfide) groups is 2. The summed E-state index contributed by atoms with van der Waals surface area (Å²) in [4.78, 5) is 0. The monoisotopic (exact) mass is 316 g/mol. The second-order valence-electron chi connectivity index (χ2n) is 4.68. The van der Waals surface area contributed by atoms with Crippen molar-refractivity contribution in [1.29, 1.82) is 0 Å². The van der Waals surface area contributed by atoms with Gasteiger partial charge in [0.1, 0.15) is 11.6 Å². The number of benzene rings is 1. The van der Waals surface area contributed by atoms with Crippen molar-refractivity contribution in [2.24, 2.45) is 5.84 Å². The van der Waals surface area contributed by atoms with Gasteiger partial charge in [-0.05, 0) is 12.5 Å². The van der Waals surface area contributed by atoms with Gasteiger partial charge in [-0.1, -0.05) is 13.0 Å². The molecule has 1 fully saturated rings. The maximum atomic E-state index is 14.3. The van der Waals surface area contributed by atoms with E-state index in [2.05, 4.69) is 12.3 Å². The van der Waals surface area contributed by atoms with Gasteiger partial charge in [0.05, 0.1) is 13.2 Å². The van der Waals surface area contributed by atoms with Crippen LogP contribution in [0, 0.1) is 5.82 Å². The topological polar surface area (TPSA) is 47.3 Å². The predicted octanol–water partition coefficient (Wildman–Crippen LogP) is 2.97. The molecule has 3 nitrogen and oxygen atoms in total. The highest BCUT2D eigenvalue weighted by molar-refractivity contribution is 8.07. The fraction of sp³-hybridized carbons (Fsp3) is 0.571. The maximum absolute atomic E-state index is 14.3. The Labute approximate surface area is 128 Å². The van der Waals surface area contributed by atoms with E-state index in [0.29, 0.717) is 16.6 Å². The van der Waals surface area contributed by atoms with Crippen molar-refractivity contribution in [3.05, 3.63) is 29.6 Å². The average Bonchev–Trinajstić information content (AvgIpc) is 2.50. The highest BCUT2D eigenvalue weighted by Crippen LogP contribution is 2.40. The molecule has 6 heteroatoms. The van der Waals surface area contributed by atoms with Crippen LogP contribution in [0.25, 0.3) is 0 Å². The Morgan fingerprint density at radius 2 is 2.20 bits per heavy atom. The van der Waals surface area contributed by atoms with Crippen molar-refractivity contribution in [1.82, 2.24) is 5.43 Å². The first-order valence-electron chi connectivity index (χ1n) is 6.74. The summed E-state index contributed by atoms with van der Waals surface area (Å²) in [5.41, 5.74) is 3.43. The molecule has 0 saturated carbocycles. The van der Waals surface area contributed by atoms with Crippen LogP contribution in [-0.2, 0) is 0 Å². The zero-order chi connectivity index (χ0) is 14.5. The molecular formula is C14H21FN2OS2. The van der Waals surface area contributed by atoms with E-state index in [4.69, 9.17) is 10.6 Å². The van der Waals surface area contributed by atoms with Gasteiger partial charge in [-0.25, -0.2) is 4.39 Å². The van der Waals surface area contributed by atoms with Crippen LogP contribution in [0.5, 0.6) is 5.75 Å². The second kappa shape index (κ2) is 7.54. The van der Waals surface area contributed by atoms with Gasteiger partial charge < -0.3 is 4.74 Å². The molecule has 1 heterocycles. The molecule has 0 spiro atoms. The Hall–Kier alpha value is -0.430. The zero-order valence-corrected chi connectivity index (χ0v) is 13.4. The lowest BCUT2D eigenvalue weighted by atomic mass is 10.00. The summed E-state index contributed by atoms with van der Waals surface area (Å²) in [6, 6.07) is 4.79. The third-order valence-electron chi connectivity index (χ3n) is 3.55. The van der Waals surface area contributed by atoms with Gasteiger partial charge >= 0.3 is 0 Å². The van der Waals surface area contributed by atoms with E-state index in [1.807, 2.05) is 23.5 Å². The molecule has 1 saturated heterocycles. The van der Waals surface area contributed by atoms with Gasteiger partial charge in [0.25, 0.3) is 0 Å². The van der Waals surface area contributed by atoms with Crippen molar-refractivity contribution in [2.75, 3.05) is 18.6 Å². The molecule has 1 aliphatic heterocycles. The molecule has 3 unspecified atom stereocenters. The van der Waals surface area contributed by atoms with E-state index in [-0.39, 0.29) is 17.1 Å². The predicted molar refractivity (Wildman–Crippen MR) is 85.8 cm³/mol. The first-order valence-corrected chi connectivity index (χ1v) is 8.83. The Morgan fingerprint density at radius 3 is 2.80 bits per heavy atom. The van der Waals surface area contributed by atoms with Crippen LogP contribution in [0.3, 0.4) is 0 Å². The third kappa shape index (κ3) is 3.42. The highest BCUT2D eigenvalue weighted by Gasteiger charge is 2.33. The number of hydrazine groups is 1. The first-order chi connectivity index (χ1) is 9.71. The molecule has 1 aromatic carbocycles. The molecule has 0 aromatic heterocycles. The zero-order valence-electron chi connectivity index (χ0n) is 11.8. The van der Waals surface area contributed by atoms with E-state index in [1.54, 1.807) is 12.1 Å². The summed E-state index contributed by atoms with van der Waals surface area (Å²) >= 11 is 3.84. The molecule has 3 N–H and O–H groups in total. The summed E-state index contributed by atoms with van der Waals surface area (Å²) in [5, 5.41) is 0.781. The summed E-state index contributed by atoms with van der Waals surface area (Å²) < 4.78 is 19.3. The third-order valence-corrected chi connectivity index (χ3v) is 6.90. The summed E-state index contributed by atoms with van der Waals surface area (Å²) in [6.45, 7) is 2.18. The minimum Gasteiger partial charge on any atom is -0.497 e. The van der Waals surface area contributed by atoms with Crippen LogP contribution in [0.1, 0.15) is 24.9 Å². The van der Waals surface area contributed by atoms with Crippen molar-refractivity contribution >= 4 is 23.5 Å². The molecule has 0 radical (unpaired) electrons. The smallest absolute Gasteiger partial charge is 0.131 e. The molecule has 2 rings (SSSR count). The number of hydrogen-bond acceptors (Lipinski definition) is 5. The van der Waals surface area contributed by atoms with Gasteiger partial charge in [-0.15, -0.1) is 0 Å². The maximum Gasteiger partial charge on any atom is 0.131 e. The molecule has 20 heavy (non-hydrogen) atoms. The Morgan fingerprint density at radius 1 is 1.45 bits per heavy atom. The average molecular weight is 316 g/mol. The number of nitrogens with one attached hydrogen (secondary N) is 1. The molecule has 3 atom stereocenters. The van der Waals surface area contributed by atoms with E-state index in [0.717, 1.165) is 17.9 Å². The Kier molecular flexibility index (Phi) is 6.01. The van der Waals surface area contributed by atoms with Gasteiger partial charge in [0.2, 0.25) is 0 Å². The minimum atomic E-state index is -0.265. The molecular weight excluding hydrogens is 295 g/mol. The number of hydrogen-bond donors (Lipinski definition) is 2. The van der Waals surface area contributed by atoms with E-state index in [1.165, 1.54) is 13.2 Å². The quantitative estimate of drug-likeness (QED) is 0.646. The molecule has 0 aliphatic carbocycles. The van der Waals surface area contributed by atoms with Crippen LogP contribution >= 0.6 is 23.5 Å². The number of ether oxygens (including phenoxy) is 1. The molecule has 0 amide bonds. The fourth-order valence-electron chi connectivity index (χ4n) is 2.50. The van der Waals surface area contributed by atoms with Crippen LogP contribution in [-0.4, -0.2) is 29.1 Å². The molecule has 1 aliphatic rings. The molecule has 0 bridgehead atoms. The number of halogens is 1. The van der Waals surface area contributed by atoms with Gasteiger partial charge in [0.15, 0.2) is 0 Å². The van der Waals surface area contributed by atoms with Crippen LogP contribution in [0.2, 0.25) is 0 Å². The lowest BCUT2D eigenvalue weighted by Crippen LogP contribution is -2.42. The van der Waals surface area contributed by atoms with E-state index < -0.39 is 0 Å². The van der Waals surface area contributed by atoms with E-state index in [9.17, 15) is 4.39 Å². The fourth-order valence-corrected chi connectivity index (χ4v) is 5.72. The number of nitrogens with two attached hydrogens (primary N) is 1. The van der Waals surface area contributed by atoms with Crippen molar-refractivity contribution in [3.8, 4) is 5.75 Å². The van der Waals surface area contributed by atoms with E-state index >= 15 is 0 Å². The van der Waals surface area contributed by atoms with Gasteiger partial charge in [-0.2, -0.15) is 23.5 Å². The minimum absolute atomic E-state index is 0.177. The van der Waals surface area contributed by atoms with Crippen LogP contribution in [0.4, 0.5) is 4.39 Å². The normalized spacial score (nSPS) is 24.4. The number of rotatable bonds is 5. The van der Waals surface area contributed by atoms with Crippen LogP contribution < -0.4 is 16.0 Å². The largest absolute Gasteiger partial charge is 0.497 e. The van der Waals surface area contributed by atoms with Gasteiger partial charge in [-0.3, -0.25) is 11.3 Å². The van der Waals surface area contributed by atoms with Gasteiger partial charge in [0, 0.05) is 33.6 Å². The van der Waals surface area contributed by atoms with Crippen molar-refractivity contribution in [2.45, 2.75) is 29.9 Å².